The Labute approximate surface area is 170 Å². The van der Waals surface area contributed by atoms with Gasteiger partial charge in [-0.2, -0.15) is 0 Å². The van der Waals surface area contributed by atoms with E-state index in [0.29, 0.717) is 38.9 Å². The molecule has 0 aliphatic carbocycles. The highest BCUT2D eigenvalue weighted by molar-refractivity contribution is 6.04. The molecule has 1 aromatic carbocycles. The molecule has 8 heteroatoms. The zero-order valence-corrected chi connectivity index (χ0v) is 16.6. The molecule has 2 fully saturated rings. The molecule has 0 aromatic heterocycles. The Morgan fingerprint density at radius 2 is 1.90 bits per heavy atom. The number of aliphatic hydroxyl groups is 1. The van der Waals surface area contributed by atoms with Crippen LogP contribution in [0.25, 0.3) is 0 Å². The molecular weight excluding hydrogens is 372 g/mol. The van der Waals surface area contributed by atoms with Gasteiger partial charge in [-0.15, -0.1) is 0 Å². The molecule has 156 valence electrons. The topological polar surface area (TPSA) is 93.2 Å². The molecule has 8 nitrogen and oxygen atoms in total. The minimum absolute atomic E-state index is 0.0508. The molecule has 3 heterocycles. The molecule has 0 bridgehead atoms. The average molecular weight is 400 g/mol. The summed E-state index contributed by atoms with van der Waals surface area (Å²) in [6, 6.07) is 7.92. The van der Waals surface area contributed by atoms with Crippen LogP contribution < -0.4 is 5.32 Å². The molecule has 3 aliphatic heterocycles. The molecule has 0 radical (unpaired) electrons. The van der Waals surface area contributed by atoms with Gasteiger partial charge in [0.25, 0.3) is 5.91 Å². The van der Waals surface area contributed by atoms with Crippen LogP contribution in [0, 0.1) is 0 Å². The number of β-amino-alcohol motifs (C(OH)–C–C–N with tert-alkyl or cyclic N) is 1. The van der Waals surface area contributed by atoms with E-state index >= 15 is 0 Å². The van der Waals surface area contributed by atoms with Crippen LogP contribution in [0.5, 0.6) is 0 Å². The van der Waals surface area contributed by atoms with Crippen molar-refractivity contribution in [3.05, 3.63) is 35.4 Å². The number of rotatable bonds is 4. The quantitative estimate of drug-likeness (QED) is 0.711. The second kappa shape index (κ2) is 8.12. The van der Waals surface area contributed by atoms with Gasteiger partial charge in [0.1, 0.15) is 6.54 Å². The monoisotopic (exact) mass is 400 g/mol. The van der Waals surface area contributed by atoms with Crippen LogP contribution in [0.1, 0.15) is 30.4 Å². The minimum atomic E-state index is -0.831. The summed E-state index contributed by atoms with van der Waals surface area (Å²) >= 11 is 0. The van der Waals surface area contributed by atoms with Gasteiger partial charge in [-0.1, -0.05) is 24.3 Å². The van der Waals surface area contributed by atoms with Crippen LogP contribution in [0.15, 0.2) is 24.3 Å². The van der Waals surface area contributed by atoms with E-state index in [-0.39, 0.29) is 24.9 Å². The summed E-state index contributed by atoms with van der Waals surface area (Å²) in [6.45, 7) is 3.05. The maximum absolute atomic E-state index is 12.6. The molecule has 0 saturated carbocycles. The largest absolute Gasteiger partial charge is 0.388 e. The first-order valence-corrected chi connectivity index (χ1v) is 10.3. The number of fused-ring (bicyclic) bond motifs is 1. The highest BCUT2D eigenvalue weighted by Gasteiger charge is 2.36. The molecular formula is C21H28N4O4. The Hall–Kier alpha value is -2.45. The van der Waals surface area contributed by atoms with Crippen molar-refractivity contribution in [2.45, 2.75) is 37.8 Å². The predicted molar refractivity (Wildman–Crippen MR) is 106 cm³/mol. The van der Waals surface area contributed by atoms with E-state index in [0.717, 1.165) is 24.4 Å². The number of nitrogens with one attached hydrogen (secondary N) is 1. The Bertz CT molecular complexity index is 798. The van der Waals surface area contributed by atoms with Crippen molar-refractivity contribution in [1.29, 1.82) is 0 Å². The van der Waals surface area contributed by atoms with E-state index in [2.05, 4.69) is 34.5 Å². The summed E-state index contributed by atoms with van der Waals surface area (Å²) in [5.74, 6) is -0.619. The van der Waals surface area contributed by atoms with Crippen molar-refractivity contribution in [2.75, 3.05) is 39.3 Å². The van der Waals surface area contributed by atoms with E-state index in [9.17, 15) is 19.5 Å². The zero-order valence-electron chi connectivity index (χ0n) is 16.6. The number of hydrogen-bond acceptors (Lipinski definition) is 5. The molecule has 4 amide bonds. The van der Waals surface area contributed by atoms with Crippen LogP contribution in [0.3, 0.4) is 0 Å². The van der Waals surface area contributed by atoms with Gasteiger partial charge in [-0.05, 0) is 36.8 Å². The minimum Gasteiger partial charge on any atom is -0.388 e. The van der Waals surface area contributed by atoms with E-state index in [4.69, 9.17) is 0 Å². The molecule has 0 unspecified atom stereocenters. The molecule has 1 atom stereocenters. The molecule has 29 heavy (non-hydrogen) atoms. The van der Waals surface area contributed by atoms with Crippen LogP contribution in [0.4, 0.5) is 4.79 Å². The second-order valence-corrected chi connectivity index (χ2v) is 8.33. The first-order chi connectivity index (χ1) is 13.9. The summed E-state index contributed by atoms with van der Waals surface area (Å²) in [6.07, 6.45) is 2.82. The third-order valence-electron chi connectivity index (χ3n) is 6.23. The number of carbonyl (C=O) groups excluding carboxylic acids is 3. The summed E-state index contributed by atoms with van der Waals surface area (Å²) in [5.41, 5.74) is 1.87. The van der Waals surface area contributed by atoms with Crippen molar-refractivity contribution < 1.29 is 19.5 Å². The number of hydrogen-bond donors (Lipinski definition) is 2. The van der Waals surface area contributed by atoms with Crippen LogP contribution in [-0.4, -0.2) is 82.5 Å². The number of amides is 4. The number of carbonyl (C=O) groups is 3. The second-order valence-electron chi connectivity index (χ2n) is 8.33. The van der Waals surface area contributed by atoms with Gasteiger partial charge in [0.15, 0.2) is 0 Å². The highest BCUT2D eigenvalue weighted by atomic mass is 16.3. The zero-order chi connectivity index (χ0) is 20.4. The standard InChI is InChI=1S/C21H28N4O4/c26-18-12-22-20(28)25(18)14-19(27)24-9-3-7-21(29,8-11-24)15-23-10-6-16-4-1-2-5-17(16)13-23/h1-2,4-5,29H,3,6-15H2,(H,22,28)/t21-/m0/s1. The van der Waals surface area contributed by atoms with E-state index in [1.165, 1.54) is 11.1 Å². The third-order valence-corrected chi connectivity index (χ3v) is 6.23. The summed E-state index contributed by atoms with van der Waals surface area (Å²) in [7, 11) is 0. The van der Waals surface area contributed by atoms with Crippen molar-refractivity contribution in [1.82, 2.24) is 20.0 Å². The first kappa shape index (κ1) is 19.8. The molecule has 2 N–H and O–H groups in total. The van der Waals surface area contributed by atoms with Gasteiger partial charge in [-0.25, -0.2) is 4.79 Å². The summed E-state index contributed by atoms with van der Waals surface area (Å²) in [5, 5.41) is 13.6. The lowest BCUT2D eigenvalue weighted by atomic mass is 9.92. The molecule has 3 aliphatic rings. The lowest BCUT2D eigenvalue weighted by molar-refractivity contribution is -0.136. The fraction of sp³-hybridized carbons (Fsp3) is 0.571. The number of nitrogens with zero attached hydrogens (tertiary/aromatic N) is 3. The third kappa shape index (κ3) is 4.43. The fourth-order valence-corrected chi connectivity index (χ4v) is 4.54. The number of imide groups is 1. The normalized spacial score (nSPS) is 25.6. The Kier molecular flexibility index (Phi) is 5.56. The van der Waals surface area contributed by atoms with Gasteiger partial charge in [-0.3, -0.25) is 19.4 Å². The van der Waals surface area contributed by atoms with Crippen molar-refractivity contribution in [2.24, 2.45) is 0 Å². The van der Waals surface area contributed by atoms with Gasteiger partial charge >= 0.3 is 6.03 Å². The van der Waals surface area contributed by atoms with Gasteiger partial charge in [0, 0.05) is 32.7 Å². The van der Waals surface area contributed by atoms with Crippen LogP contribution >= 0.6 is 0 Å². The molecule has 2 saturated heterocycles. The van der Waals surface area contributed by atoms with E-state index in [1.807, 2.05) is 0 Å². The van der Waals surface area contributed by atoms with Gasteiger partial charge in [0.2, 0.25) is 5.91 Å². The Morgan fingerprint density at radius 3 is 2.66 bits per heavy atom. The van der Waals surface area contributed by atoms with Crippen molar-refractivity contribution in [3.8, 4) is 0 Å². The smallest absolute Gasteiger partial charge is 0.325 e. The SMILES string of the molecule is O=C(CN1C(=O)CNC1=O)N1CCC[C@@](O)(CN2CCc3ccccc3C2)CC1. The number of likely N-dealkylation sites (tertiary alicyclic amines) is 1. The number of urea groups is 1. The maximum Gasteiger partial charge on any atom is 0.325 e. The highest BCUT2D eigenvalue weighted by Crippen LogP contribution is 2.27. The predicted octanol–water partition coefficient (Wildman–Crippen LogP) is 0.340. The maximum atomic E-state index is 12.6. The molecule has 0 spiro atoms. The Morgan fingerprint density at radius 1 is 1.10 bits per heavy atom. The van der Waals surface area contributed by atoms with E-state index in [1.54, 1.807) is 4.90 Å². The lowest BCUT2D eigenvalue weighted by Crippen LogP contribution is -2.46. The van der Waals surface area contributed by atoms with Crippen molar-refractivity contribution in [3.63, 3.8) is 0 Å². The fourth-order valence-electron chi connectivity index (χ4n) is 4.54. The number of benzene rings is 1. The van der Waals surface area contributed by atoms with Gasteiger partial charge < -0.3 is 15.3 Å². The van der Waals surface area contributed by atoms with Crippen LogP contribution in [-0.2, 0) is 22.6 Å². The Balaban J connectivity index is 1.32. The van der Waals surface area contributed by atoms with Crippen molar-refractivity contribution >= 4 is 17.8 Å². The van der Waals surface area contributed by atoms with E-state index < -0.39 is 11.6 Å². The summed E-state index contributed by atoms with van der Waals surface area (Å²) < 4.78 is 0. The van der Waals surface area contributed by atoms with Crippen LogP contribution in [0.2, 0.25) is 0 Å². The lowest BCUT2D eigenvalue weighted by Gasteiger charge is -2.36. The molecule has 4 rings (SSSR count). The summed E-state index contributed by atoms with van der Waals surface area (Å²) in [4.78, 5) is 40.9. The molecule has 1 aromatic rings. The van der Waals surface area contributed by atoms with Gasteiger partial charge in [0.05, 0.1) is 12.1 Å². The average Bonchev–Trinajstić information content (AvgIpc) is 2.90. The first-order valence-electron chi connectivity index (χ1n) is 10.3.